The van der Waals surface area contributed by atoms with E-state index < -0.39 is 4.92 Å². The van der Waals surface area contributed by atoms with E-state index in [1.807, 2.05) is 6.92 Å². The Hall–Kier alpha value is -1.62. The number of aryl methyl sites for hydroxylation is 2. The molecule has 5 nitrogen and oxygen atoms in total. The second kappa shape index (κ2) is 4.33. The summed E-state index contributed by atoms with van der Waals surface area (Å²) < 4.78 is 5.63. The van der Waals surface area contributed by atoms with Gasteiger partial charge < -0.3 is 9.84 Å². The van der Waals surface area contributed by atoms with Gasteiger partial charge in [0.2, 0.25) is 0 Å². The van der Waals surface area contributed by atoms with Crippen molar-refractivity contribution < 1.29 is 14.8 Å². The molecule has 5 heteroatoms. The minimum absolute atomic E-state index is 0.0222. The van der Waals surface area contributed by atoms with Crippen LogP contribution in [0.4, 0.5) is 5.69 Å². The van der Waals surface area contributed by atoms with E-state index in [1.54, 1.807) is 13.0 Å². The lowest BCUT2D eigenvalue weighted by Gasteiger charge is -2.32. The van der Waals surface area contributed by atoms with Crippen LogP contribution in [-0.4, -0.2) is 22.2 Å². The van der Waals surface area contributed by atoms with E-state index >= 15 is 0 Å². The Morgan fingerprint density at radius 1 is 1.35 bits per heavy atom. The molecule has 0 unspecified atom stereocenters. The Morgan fingerprint density at radius 2 is 2.00 bits per heavy atom. The van der Waals surface area contributed by atoms with Gasteiger partial charge >= 0.3 is 0 Å². The van der Waals surface area contributed by atoms with Gasteiger partial charge in [0.15, 0.2) is 0 Å². The van der Waals surface area contributed by atoms with Gasteiger partial charge in [-0.1, -0.05) is 0 Å². The zero-order valence-corrected chi connectivity index (χ0v) is 9.84. The first-order valence-corrected chi connectivity index (χ1v) is 5.57. The Kier molecular flexibility index (Phi) is 3.02. The summed E-state index contributed by atoms with van der Waals surface area (Å²) in [5.41, 5.74) is 1.59. The van der Waals surface area contributed by atoms with Gasteiger partial charge in [0.1, 0.15) is 11.9 Å². The van der Waals surface area contributed by atoms with Crippen molar-refractivity contribution in [2.24, 2.45) is 0 Å². The van der Waals surface area contributed by atoms with Crippen LogP contribution >= 0.6 is 0 Å². The van der Waals surface area contributed by atoms with Crippen LogP contribution in [0.5, 0.6) is 5.75 Å². The maximum absolute atomic E-state index is 10.8. The normalized spacial score (nSPS) is 23.0. The first-order chi connectivity index (χ1) is 7.97. The van der Waals surface area contributed by atoms with Crippen LogP contribution in [0, 0.1) is 24.0 Å². The molecule has 1 fully saturated rings. The third kappa shape index (κ3) is 2.39. The van der Waals surface area contributed by atoms with E-state index in [-0.39, 0.29) is 17.9 Å². The lowest BCUT2D eigenvalue weighted by molar-refractivity contribution is -0.385. The molecular weight excluding hydrogens is 222 g/mol. The Labute approximate surface area is 99.2 Å². The number of aliphatic hydroxyl groups is 1. The number of rotatable bonds is 3. The minimum Gasteiger partial charge on any atom is -0.490 e. The quantitative estimate of drug-likeness (QED) is 0.645. The number of nitrogens with zero attached hydrogens (tertiary/aromatic N) is 1. The monoisotopic (exact) mass is 237 g/mol. The third-order valence-electron chi connectivity index (χ3n) is 3.05. The van der Waals surface area contributed by atoms with Crippen LogP contribution in [0.1, 0.15) is 24.0 Å². The lowest BCUT2D eigenvalue weighted by atomic mass is 9.92. The van der Waals surface area contributed by atoms with Crippen LogP contribution in [0.25, 0.3) is 0 Å². The fraction of sp³-hybridized carbons (Fsp3) is 0.500. The molecule has 0 aromatic heterocycles. The Morgan fingerprint density at radius 3 is 2.53 bits per heavy atom. The fourth-order valence-electron chi connectivity index (χ4n) is 1.96. The van der Waals surface area contributed by atoms with Crippen LogP contribution in [0.3, 0.4) is 0 Å². The van der Waals surface area contributed by atoms with Crippen LogP contribution in [0.2, 0.25) is 0 Å². The highest BCUT2D eigenvalue weighted by Crippen LogP contribution is 2.32. The number of nitro groups is 1. The molecule has 0 spiro atoms. The molecule has 2 rings (SSSR count). The van der Waals surface area contributed by atoms with Gasteiger partial charge in [-0.3, -0.25) is 10.1 Å². The summed E-state index contributed by atoms with van der Waals surface area (Å²) in [7, 11) is 0. The zero-order valence-electron chi connectivity index (χ0n) is 9.84. The summed E-state index contributed by atoms with van der Waals surface area (Å²) in [6.45, 7) is 3.57. The number of hydrogen-bond acceptors (Lipinski definition) is 4. The number of nitro benzene ring substituents is 1. The molecule has 0 heterocycles. The van der Waals surface area contributed by atoms with E-state index in [0.29, 0.717) is 24.2 Å². The largest absolute Gasteiger partial charge is 0.490 e. The number of hydrogen-bond donors (Lipinski definition) is 1. The van der Waals surface area contributed by atoms with Gasteiger partial charge in [-0.25, -0.2) is 0 Å². The summed E-state index contributed by atoms with van der Waals surface area (Å²) >= 11 is 0. The molecule has 92 valence electrons. The summed E-state index contributed by atoms with van der Waals surface area (Å²) in [6, 6.07) is 3.22. The highest BCUT2D eigenvalue weighted by Gasteiger charge is 2.29. The summed E-state index contributed by atoms with van der Waals surface area (Å²) in [5.74, 6) is 0.541. The van der Waals surface area contributed by atoms with Gasteiger partial charge in [-0.15, -0.1) is 0 Å². The molecule has 0 amide bonds. The molecule has 1 aromatic carbocycles. The Bertz CT molecular complexity index is 452. The van der Waals surface area contributed by atoms with Gasteiger partial charge in [0.05, 0.1) is 17.1 Å². The van der Waals surface area contributed by atoms with E-state index in [9.17, 15) is 10.1 Å². The maximum Gasteiger partial charge on any atom is 0.276 e. The molecule has 1 aliphatic rings. The van der Waals surface area contributed by atoms with Crippen molar-refractivity contribution in [2.75, 3.05) is 0 Å². The smallest absolute Gasteiger partial charge is 0.276 e. The molecule has 0 bridgehead atoms. The first kappa shape index (κ1) is 11.9. The third-order valence-corrected chi connectivity index (χ3v) is 3.05. The van der Waals surface area contributed by atoms with Crippen molar-refractivity contribution in [3.63, 3.8) is 0 Å². The first-order valence-electron chi connectivity index (χ1n) is 5.57. The van der Waals surface area contributed by atoms with Crippen LogP contribution in [0.15, 0.2) is 12.1 Å². The predicted octanol–water partition coefficient (Wildman–Crippen LogP) is 2.11. The van der Waals surface area contributed by atoms with Crippen molar-refractivity contribution >= 4 is 5.69 Å². The van der Waals surface area contributed by atoms with Gasteiger partial charge in [-0.05, 0) is 25.5 Å². The molecule has 0 atom stereocenters. The molecule has 17 heavy (non-hydrogen) atoms. The molecule has 1 aromatic rings. The zero-order chi connectivity index (χ0) is 12.6. The second-order valence-electron chi connectivity index (χ2n) is 4.53. The topological polar surface area (TPSA) is 72.6 Å². The van der Waals surface area contributed by atoms with Crippen LogP contribution < -0.4 is 4.74 Å². The van der Waals surface area contributed by atoms with E-state index in [2.05, 4.69) is 0 Å². The average Bonchev–Trinajstić information content (AvgIpc) is 2.18. The molecule has 0 radical (unpaired) electrons. The molecule has 0 saturated heterocycles. The molecule has 0 aliphatic heterocycles. The van der Waals surface area contributed by atoms with Gasteiger partial charge in [0, 0.05) is 18.4 Å². The SMILES string of the molecule is Cc1cc(C)c([N+](=O)[O-])cc1OC1CC(O)C1. The average molecular weight is 237 g/mol. The highest BCUT2D eigenvalue weighted by molar-refractivity contribution is 5.49. The van der Waals surface area contributed by atoms with Crippen molar-refractivity contribution in [2.45, 2.75) is 38.9 Å². The Balaban J connectivity index is 2.21. The maximum atomic E-state index is 10.8. The molecule has 1 N–H and O–H groups in total. The minimum atomic E-state index is -0.406. The predicted molar refractivity (Wildman–Crippen MR) is 62.2 cm³/mol. The van der Waals surface area contributed by atoms with Crippen molar-refractivity contribution in [1.29, 1.82) is 0 Å². The van der Waals surface area contributed by atoms with E-state index in [4.69, 9.17) is 9.84 Å². The van der Waals surface area contributed by atoms with Crippen molar-refractivity contribution in [1.82, 2.24) is 0 Å². The summed E-state index contributed by atoms with van der Waals surface area (Å²) in [5, 5.41) is 20.0. The number of benzene rings is 1. The lowest BCUT2D eigenvalue weighted by Crippen LogP contribution is -2.37. The fourth-order valence-corrected chi connectivity index (χ4v) is 1.96. The number of aliphatic hydroxyl groups excluding tert-OH is 1. The summed E-state index contributed by atoms with van der Waals surface area (Å²) in [6.07, 6.45) is 0.883. The van der Waals surface area contributed by atoms with E-state index in [0.717, 1.165) is 5.56 Å². The standard InChI is InChI=1S/C12H15NO4/c1-7-3-8(2)12(6-11(7)13(15)16)17-10-4-9(14)5-10/h3,6,9-10,14H,4-5H2,1-2H3. The molecule has 1 saturated carbocycles. The number of ether oxygens (including phenoxy) is 1. The van der Waals surface area contributed by atoms with Crippen molar-refractivity contribution in [3.05, 3.63) is 33.4 Å². The summed E-state index contributed by atoms with van der Waals surface area (Å²) in [4.78, 5) is 10.4. The van der Waals surface area contributed by atoms with Gasteiger partial charge in [-0.2, -0.15) is 0 Å². The van der Waals surface area contributed by atoms with Crippen molar-refractivity contribution in [3.8, 4) is 5.75 Å². The second-order valence-corrected chi connectivity index (χ2v) is 4.53. The highest BCUT2D eigenvalue weighted by atomic mass is 16.6. The molecule has 1 aliphatic carbocycles. The van der Waals surface area contributed by atoms with Gasteiger partial charge in [0.25, 0.3) is 5.69 Å². The van der Waals surface area contributed by atoms with E-state index in [1.165, 1.54) is 6.07 Å². The molecular formula is C12H15NO4. The van der Waals surface area contributed by atoms with Crippen LogP contribution in [-0.2, 0) is 0 Å².